The van der Waals surface area contributed by atoms with Gasteiger partial charge in [-0.05, 0) is 100 Å². The fourth-order valence-corrected chi connectivity index (χ4v) is 11.6. The van der Waals surface area contributed by atoms with Crippen LogP contribution in [0.15, 0.2) is 200 Å². The summed E-state index contributed by atoms with van der Waals surface area (Å²) < 4.78 is 14.1. The summed E-state index contributed by atoms with van der Waals surface area (Å²) >= 11 is 36.4. The summed E-state index contributed by atoms with van der Waals surface area (Å²) in [6.07, 6.45) is 5.98. The van der Waals surface area contributed by atoms with Gasteiger partial charge in [0.1, 0.15) is 48.4 Å². The number of aromatic nitrogens is 2. The molecule has 9 rings (SSSR count). The lowest BCUT2D eigenvalue weighted by Crippen LogP contribution is -2.43. The van der Waals surface area contributed by atoms with E-state index < -0.39 is 65.8 Å². The minimum Gasteiger partial charge on any atom is -0.480 e. The molecule has 2 heterocycles. The number of halogens is 6. The van der Waals surface area contributed by atoms with E-state index in [1.807, 2.05) is 84.9 Å². The molecule has 0 aliphatic carbocycles. The van der Waals surface area contributed by atoms with Crippen LogP contribution >= 0.6 is 69.6 Å². The quantitative estimate of drug-likeness (QED) is 0.00818. The smallest absolute Gasteiger partial charge is 0.328 e. The molecular formula is C78H78Cl6N10O13. The third-order valence-electron chi connectivity index (χ3n) is 15.5. The fourth-order valence-electron chi connectivity index (χ4n) is 9.91. The first-order valence-corrected chi connectivity index (χ1v) is 35.2. The van der Waals surface area contributed by atoms with Crippen LogP contribution < -0.4 is 43.0 Å². The van der Waals surface area contributed by atoms with Crippen molar-refractivity contribution >= 4 is 135 Å². The lowest BCUT2D eigenvalue weighted by molar-refractivity contribution is -0.143. The number of nitrogens with two attached hydrogens (primary N) is 1. The van der Waals surface area contributed by atoms with Gasteiger partial charge in [0.05, 0.1) is 68.2 Å². The number of amides is 3. The molecule has 0 saturated heterocycles. The molecule has 0 bridgehead atoms. The number of aliphatic carboxylic acids is 1. The third kappa shape index (κ3) is 29.2. The lowest BCUT2D eigenvalue weighted by Gasteiger charge is -2.18. The number of carboxylic acids is 1. The highest BCUT2D eigenvalue weighted by Gasteiger charge is 2.28. The second-order valence-corrected chi connectivity index (χ2v) is 25.6. The molecule has 0 unspecified atom stereocenters. The molecule has 107 heavy (non-hydrogen) atoms. The molecule has 0 saturated carbocycles. The highest BCUT2D eigenvalue weighted by Crippen LogP contribution is 2.27. The Bertz CT molecular complexity index is 4330. The van der Waals surface area contributed by atoms with Crippen LogP contribution in [0.4, 0.5) is 11.6 Å². The lowest BCUT2D eigenvalue weighted by atomic mass is 10.0. The standard InChI is InChI=1S/C25H26Cl2N4O3.C24H24Cl2N4O3.C18H15Cl2NO4.C11H13NO3/c1-34-25(33)21(31-24(32)23-19(26)5-4-6-20(23)27)15-17-8-10-18(11-9-17)16-28-13-14-30-22-7-2-3-12-29-22;25-18-4-3-5-19(26)22(18)23(31)30-20(24(32)33)14-16-7-9-17(10-8-16)15-27-12-13-29-21-6-1-2-11-28-21;1-25-18(24)15(9-11-5-7-12(10-22)8-6-11)21-17(23)16-13(19)3-2-4-14(16)20;1-15-11(14)10(12)6-8-2-4-9(7-13)5-3-8/h2-12,21,28H,13-16H2,1H3,(H,29,30)(H,31,32);1-11,20,27H,12-15H2,(H,28,29)(H,30,31)(H,32,33);2-8,10,15H,9H2,1H3,(H,21,23);2-5,7,10H,6,12H2,1H3/t21-;20-;15-;10-/m0000/s1. The maximum Gasteiger partial charge on any atom is 0.328 e. The first-order valence-electron chi connectivity index (χ1n) is 33.0. The zero-order valence-corrected chi connectivity index (χ0v) is 62.7. The zero-order chi connectivity index (χ0) is 77.6. The number of hydrogen-bond donors (Lipinski definition) is 9. The third-order valence-corrected chi connectivity index (χ3v) is 17.4. The Morgan fingerprint density at radius 1 is 0.393 bits per heavy atom. The molecule has 9 aromatic rings. The van der Waals surface area contributed by atoms with Gasteiger partial charge in [0.25, 0.3) is 17.7 Å². The largest absolute Gasteiger partial charge is 0.480 e. The summed E-state index contributed by atoms with van der Waals surface area (Å²) in [7, 11) is 3.82. The van der Waals surface area contributed by atoms with Gasteiger partial charge in [0, 0.05) is 82.1 Å². The summed E-state index contributed by atoms with van der Waals surface area (Å²) in [6, 6.07) is 51.0. The Morgan fingerprint density at radius 2 is 0.692 bits per heavy atom. The summed E-state index contributed by atoms with van der Waals surface area (Å²) in [5.41, 5.74) is 12.5. The van der Waals surface area contributed by atoms with Gasteiger partial charge in [-0.1, -0.05) is 197 Å². The van der Waals surface area contributed by atoms with Crippen molar-refractivity contribution in [1.29, 1.82) is 0 Å². The van der Waals surface area contributed by atoms with Crippen LogP contribution in [0.2, 0.25) is 30.1 Å². The molecule has 2 aromatic heterocycles. The number of hydrogen-bond acceptors (Lipinski definition) is 19. The number of esters is 3. The second-order valence-electron chi connectivity index (χ2n) is 23.2. The fraction of sp³-hybridized carbons (Fsp3) is 0.218. The summed E-state index contributed by atoms with van der Waals surface area (Å²) in [6.45, 7) is 4.41. The predicted molar refractivity (Wildman–Crippen MR) is 415 cm³/mol. The number of ether oxygens (including phenoxy) is 3. The van der Waals surface area contributed by atoms with E-state index in [9.17, 15) is 48.3 Å². The minimum atomic E-state index is -1.14. The van der Waals surface area contributed by atoms with Crippen molar-refractivity contribution < 1.29 is 62.5 Å². The van der Waals surface area contributed by atoms with Gasteiger partial charge >= 0.3 is 23.9 Å². The first-order chi connectivity index (χ1) is 51.5. The van der Waals surface area contributed by atoms with Crippen molar-refractivity contribution in [2.24, 2.45) is 5.73 Å². The highest BCUT2D eigenvalue weighted by molar-refractivity contribution is 6.41. The van der Waals surface area contributed by atoms with E-state index in [-0.39, 0.29) is 66.1 Å². The number of aldehydes is 2. The van der Waals surface area contributed by atoms with Gasteiger partial charge in [-0.25, -0.2) is 24.4 Å². The number of benzene rings is 7. The van der Waals surface area contributed by atoms with E-state index in [4.69, 9.17) is 84.8 Å². The average molecular weight is 1580 g/mol. The van der Waals surface area contributed by atoms with Crippen LogP contribution in [0.1, 0.15) is 85.2 Å². The van der Waals surface area contributed by atoms with Crippen LogP contribution in [0.25, 0.3) is 0 Å². The number of pyridine rings is 2. The van der Waals surface area contributed by atoms with Gasteiger partial charge in [0.2, 0.25) is 0 Å². The topological polar surface area (TPSA) is 338 Å². The molecule has 7 aromatic carbocycles. The van der Waals surface area contributed by atoms with Crippen LogP contribution in [0.3, 0.4) is 0 Å². The van der Waals surface area contributed by atoms with Crippen LogP contribution in [0.5, 0.6) is 0 Å². The SMILES string of the molecule is COC(=O)[C@@H](N)Cc1ccc(C=O)cc1.COC(=O)[C@H](Cc1ccc(C=O)cc1)NC(=O)c1c(Cl)cccc1Cl.COC(=O)[C@H](Cc1ccc(CNCCNc2ccccn2)cc1)NC(=O)c1c(Cl)cccc1Cl.O=C(N[C@@H](Cc1ccc(CNCCNc2ccccn2)cc1)C(=O)O)c1c(Cl)cccc1Cl. The van der Waals surface area contributed by atoms with E-state index in [1.54, 1.807) is 91.3 Å². The summed E-state index contributed by atoms with van der Waals surface area (Å²) in [5.74, 6) is -2.79. The van der Waals surface area contributed by atoms with Gasteiger partial charge in [-0.15, -0.1) is 0 Å². The Morgan fingerprint density at radius 3 is 0.991 bits per heavy atom. The van der Waals surface area contributed by atoms with Crippen LogP contribution in [0, 0.1) is 0 Å². The average Bonchev–Trinajstić information content (AvgIpc) is 0.844. The number of carbonyl (C=O) groups excluding carboxylic acids is 8. The zero-order valence-electron chi connectivity index (χ0n) is 58.2. The van der Waals surface area contributed by atoms with Crippen molar-refractivity contribution in [3.8, 4) is 0 Å². The maximum absolute atomic E-state index is 12.7. The Hall–Kier alpha value is -10.3. The molecule has 29 heteroatoms. The number of nitrogens with one attached hydrogen (secondary N) is 7. The first kappa shape index (κ1) is 85.6. The monoisotopic (exact) mass is 1570 g/mol. The van der Waals surface area contributed by atoms with Crippen molar-refractivity contribution in [3.63, 3.8) is 0 Å². The van der Waals surface area contributed by atoms with E-state index in [0.29, 0.717) is 30.6 Å². The highest BCUT2D eigenvalue weighted by atomic mass is 35.5. The molecule has 0 aliphatic rings. The van der Waals surface area contributed by atoms with E-state index in [1.165, 1.54) is 45.6 Å². The van der Waals surface area contributed by atoms with Crippen molar-refractivity contribution in [2.45, 2.75) is 62.9 Å². The molecule has 3 amide bonds. The van der Waals surface area contributed by atoms with Crippen molar-refractivity contribution in [3.05, 3.63) is 292 Å². The molecule has 0 radical (unpaired) electrons. The van der Waals surface area contributed by atoms with Gasteiger partial charge in [-0.2, -0.15) is 0 Å². The van der Waals surface area contributed by atoms with Crippen LogP contribution in [-0.2, 0) is 72.2 Å². The number of nitrogens with zero attached hydrogens (tertiary/aromatic N) is 2. The van der Waals surface area contributed by atoms with Gasteiger partial charge < -0.3 is 62.3 Å². The van der Waals surface area contributed by atoms with E-state index >= 15 is 0 Å². The maximum atomic E-state index is 12.7. The minimum absolute atomic E-state index is 0.0611. The Kier molecular flexibility index (Phi) is 36.7. The number of carboxylic acid groups (broad SMARTS) is 1. The van der Waals surface area contributed by atoms with Crippen molar-refractivity contribution in [1.82, 2.24) is 36.6 Å². The number of methoxy groups -OCH3 is 3. The van der Waals surface area contributed by atoms with Crippen LogP contribution in [-0.4, -0.2) is 141 Å². The van der Waals surface area contributed by atoms with E-state index in [2.05, 4.69) is 51.9 Å². The summed E-state index contributed by atoms with van der Waals surface area (Å²) in [4.78, 5) is 114. The predicted octanol–water partition coefficient (Wildman–Crippen LogP) is 12.0. The summed E-state index contributed by atoms with van der Waals surface area (Å²) in [5, 5.41) is 31.6. The molecule has 23 nitrogen and oxygen atoms in total. The Labute approximate surface area is 648 Å². The number of carbonyl (C=O) groups is 9. The normalized spacial score (nSPS) is 11.6. The molecule has 10 N–H and O–H groups in total. The second kappa shape index (κ2) is 45.9. The van der Waals surface area contributed by atoms with Crippen molar-refractivity contribution in [2.75, 3.05) is 58.1 Å². The number of anilines is 2. The molecular weight excluding hydrogens is 1500 g/mol. The van der Waals surface area contributed by atoms with E-state index in [0.717, 1.165) is 83.8 Å². The molecule has 4 atom stereocenters. The molecule has 0 aliphatic heterocycles. The molecule has 0 spiro atoms. The Balaban J connectivity index is 0.000000231. The molecule has 0 fully saturated rings. The molecule has 560 valence electrons. The number of rotatable bonds is 32. The van der Waals surface area contributed by atoms with Gasteiger partial charge in [0.15, 0.2) is 0 Å². The van der Waals surface area contributed by atoms with Gasteiger partial charge in [-0.3, -0.25) is 28.8 Å².